The fourth-order valence-electron chi connectivity index (χ4n) is 2.34. The third kappa shape index (κ3) is 4.84. The molecule has 0 aromatic carbocycles. The van der Waals surface area contributed by atoms with Crippen LogP contribution in [0.1, 0.15) is 66.2 Å². The normalized spacial score (nSPS) is 17.9. The molecule has 0 aromatic rings. The summed E-state index contributed by atoms with van der Waals surface area (Å²) in [5.74, 6) is -0.355. The lowest BCUT2D eigenvalue weighted by Crippen LogP contribution is -2.51. The minimum absolute atomic E-state index is 0.0532. The molecule has 19 heavy (non-hydrogen) atoms. The summed E-state index contributed by atoms with van der Waals surface area (Å²) in [6, 6.07) is 0.290. The topological polar surface area (TPSA) is 58.2 Å². The molecule has 0 aliphatic heterocycles. The van der Waals surface area contributed by atoms with Crippen molar-refractivity contribution in [2.24, 2.45) is 5.41 Å². The molecule has 0 radical (unpaired) electrons. The maximum absolute atomic E-state index is 12.3. The van der Waals surface area contributed by atoms with E-state index in [1.165, 1.54) is 25.7 Å². The second-order valence-electron chi connectivity index (χ2n) is 6.42. The van der Waals surface area contributed by atoms with Gasteiger partial charge in [-0.1, -0.05) is 25.7 Å². The van der Waals surface area contributed by atoms with Crippen LogP contribution in [0.3, 0.4) is 0 Å². The van der Waals surface area contributed by atoms with Gasteiger partial charge in [-0.25, -0.2) is 0 Å². The Morgan fingerprint density at radius 2 is 1.53 bits per heavy atom. The number of carbonyl (C=O) groups excluding carboxylic acids is 2. The van der Waals surface area contributed by atoms with E-state index >= 15 is 0 Å². The summed E-state index contributed by atoms with van der Waals surface area (Å²) >= 11 is 0. The van der Waals surface area contributed by atoms with E-state index in [0.717, 1.165) is 12.8 Å². The van der Waals surface area contributed by atoms with Crippen LogP contribution in [0.2, 0.25) is 0 Å². The van der Waals surface area contributed by atoms with Gasteiger partial charge in [0.05, 0.1) is 0 Å². The second kappa shape index (κ2) is 6.92. The number of hydrogen-bond donors (Lipinski definition) is 2. The molecule has 0 atom stereocenters. The number of amides is 2. The molecular weight excluding hydrogens is 240 g/mol. The Morgan fingerprint density at radius 1 is 1.00 bits per heavy atom. The standard InChI is InChI=1S/C15H28N2O2/c1-11(2)16-13(18)15(3,4)14(19)17-12-9-7-5-6-8-10-12/h11-12H,5-10H2,1-4H3,(H,16,18)(H,17,19). The van der Waals surface area contributed by atoms with Crippen LogP contribution in [-0.4, -0.2) is 23.9 Å². The molecule has 0 unspecified atom stereocenters. The van der Waals surface area contributed by atoms with Gasteiger partial charge in [-0.15, -0.1) is 0 Å². The summed E-state index contributed by atoms with van der Waals surface area (Å²) in [4.78, 5) is 24.4. The monoisotopic (exact) mass is 268 g/mol. The summed E-state index contributed by atoms with van der Waals surface area (Å²) in [5, 5.41) is 5.87. The first-order valence-corrected chi connectivity index (χ1v) is 7.46. The number of hydrogen-bond acceptors (Lipinski definition) is 2. The van der Waals surface area contributed by atoms with Gasteiger partial charge < -0.3 is 10.6 Å². The van der Waals surface area contributed by atoms with Crippen LogP contribution >= 0.6 is 0 Å². The molecule has 0 spiro atoms. The van der Waals surface area contributed by atoms with Crippen molar-refractivity contribution in [3.05, 3.63) is 0 Å². The molecule has 4 nitrogen and oxygen atoms in total. The Hall–Kier alpha value is -1.06. The molecule has 2 amide bonds. The highest BCUT2D eigenvalue weighted by atomic mass is 16.2. The molecule has 110 valence electrons. The van der Waals surface area contributed by atoms with Crippen LogP contribution in [0.4, 0.5) is 0 Å². The Bertz CT molecular complexity index is 316. The summed E-state index contributed by atoms with van der Waals surface area (Å²) in [5.41, 5.74) is -1.00. The van der Waals surface area contributed by atoms with Gasteiger partial charge in [0, 0.05) is 12.1 Å². The predicted octanol–water partition coefficient (Wildman–Crippen LogP) is 2.38. The first-order chi connectivity index (χ1) is 8.84. The van der Waals surface area contributed by atoms with Gasteiger partial charge in [-0.2, -0.15) is 0 Å². The van der Waals surface area contributed by atoms with Crippen LogP contribution in [0.15, 0.2) is 0 Å². The van der Waals surface area contributed by atoms with Crippen molar-refractivity contribution in [2.45, 2.75) is 78.3 Å². The number of rotatable bonds is 4. The van der Waals surface area contributed by atoms with E-state index in [1.807, 2.05) is 13.8 Å². The Balaban J connectivity index is 2.56. The minimum atomic E-state index is -1.00. The van der Waals surface area contributed by atoms with E-state index in [2.05, 4.69) is 10.6 Å². The Morgan fingerprint density at radius 3 is 2.00 bits per heavy atom. The molecule has 0 bridgehead atoms. The maximum atomic E-state index is 12.3. The average molecular weight is 268 g/mol. The molecule has 0 heterocycles. The molecular formula is C15H28N2O2. The lowest BCUT2D eigenvalue weighted by molar-refractivity contribution is -0.142. The van der Waals surface area contributed by atoms with E-state index < -0.39 is 5.41 Å². The fourth-order valence-corrected chi connectivity index (χ4v) is 2.34. The fraction of sp³-hybridized carbons (Fsp3) is 0.867. The zero-order valence-corrected chi connectivity index (χ0v) is 12.7. The van der Waals surface area contributed by atoms with Gasteiger partial charge in [0.1, 0.15) is 5.41 Å². The van der Waals surface area contributed by atoms with Crippen LogP contribution in [0.5, 0.6) is 0 Å². The SMILES string of the molecule is CC(C)NC(=O)C(C)(C)C(=O)NC1CCCCCC1. The molecule has 1 saturated carbocycles. The zero-order chi connectivity index (χ0) is 14.5. The van der Waals surface area contributed by atoms with Gasteiger partial charge in [0.25, 0.3) is 0 Å². The van der Waals surface area contributed by atoms with E-state index in [4.69, 9.17) is 0 Å². The average Bonchev–Trinajstić information content (AvgIpc) is 2.56. The van der Waals surface area contributed by atoms with Crippen LogP contribution in [0, 0.1) is 5.41 Å². The first-order valence-electron chi connectivity index (χ1n) is 7.46. The third-order valence-electron chi connectivity index (χ3n) is 3.75. The van der Waals surface area contributed by atoms with Crippen molar-refractivity contribution >= 4 is 11.8 Å². The Labute approximate surface area is 116 Å². The van der Waals surface area contributed by atoms with Gasteiger partial charge in [-0.05, 0) is 40.5 Å². The van der Waals surface area contributed by atoms with Gasteiger partial charge in [0.15, 0.2) is 0 Å². The largest absolute Gasteiger partial charge is 0.353 e. The molecule has 0 aromatic heterocycles. The molecule has 1 aliphatic rings. The smallest absolute Gasteiger partial charge is 0.235 e. The Kier molecular flexibility index (Phi) is 5.83. The van der Waals surface area contributed by atoms with Crippen molar-refractivity contribution < 1.29 is 9.59 Å². The van der Waals surface area contributed by atoms with Gasteiger partial charge in [-0.3, -0.25) is 9.59 Å². The van der Waals surface area contributed by atoms with E-state index in [0.29, 0.717) is 0 Å². The van der Waals surface area contributed by atoms with Crippen molar-refractivity contribution in [2.75, 3.05) is 0 Å². The van der Waals surface area contributed by atoms with Crippen molar-refractivity contribution in [3.8, 4) is 0 Å². The summed E-state index contributed by atoms with van der Waals surface area (Å²) in [7, 11) is 0. The van der Waals surface area contributed by atoms with Gasteiger partial charge >= 0.3 is 0 Å². The van der Waals surface area contributed by atoms with Crippen molar-refractivity contribution in [3.63, 3.8) is 0 Å². The second-order valence-corrected chi connectivity index (χ2v) is 6.42. The number of nitrogens with one attached hydrogen (secondary N) is 2. The quantitative estimate of drug-likeness (QED) is 0.607. The van der Waals surface area contributed by atoms with Crippen LogP contribution in [-0.2, 0) is 9.59 Å². The molecule has 2 N–H and O–H groups in total. The highest BCUT2D eigenvalue weighted by Gasteiger charge is 2.37. The van der Waals surface area contributed by atoms with E-state index in [9.17, 15) is 9.59 Å². The van der Waals surface area contributed by atoms with Gasteiger partial charge in [0.2, 0.25) is 11.8 Å². The van der Waals surface area contributed by atoms with Crippen molar-refractivity contribution in [1.29, 1.82) is 0 Å². The number of carbonyl (C=O) groups is 2. The molecule has 1 aliphatic carbocycles. The van der Waals surface area contributed by atoms with Crippen LogP contribution in [0.25, 0.3) is 0 Å². The maximum Gasteiger partial charge on any atom is 0.235 e. The highest BCUT2D eigenvalue weighted by Crippen LogP contribution is 2.20. The first kappa shape index (κ1) is 16.0. The molecule has 1 rings (SSSR count). The molecule has 1 fully saturated rings. The molecule has 4 heteroatoms. The summed E-state index contributed by atoms with van der Waals surface area (Å²) in [6.45, 7) is 7.18. The minimum Gasteiger partial charge on any atom is -0.353 e. The lowest BCUT2D eigenvalue weighted by Gasteiger charge is -2.27. The summed E-state index contributed by atoms with van der Waals surface area (Å²) < 4.78 is 0. The predicted molar refractivity (Wildman–Crippen MR) is 76.7 cm³/mol. The lowest BCUT2D eigenvalue weighted by atomic mass is 9.90. The zero-order valence-electron chi connectivity index (χ0n) is 12.7. The highest BCUT2D eigenvalue weighted by molar-refractivity contribution is 6.04. The summed E-state index contributed by atoms with van der Waals surface area (Å²) in [6.07, 6.45) is 6.92. The third-order valence-corrected chi connectivity index (χ3v) is 3.75. The van der Waals surface area contributed by atoms with Crippen molar-refractivity contribution in [1.82, 2.24) is 10.6 Å². The van der Waals surface area contributed by atoms with E-state index in [-0.39, 0.29) is 23.9 Å². The van der Waals surface area contributed by atoms with E-state index in [1.54, 1.807) is 13.8 Å². The molecule has 0 saturated heterocycles. The van der Waals surface area contributed by atoms with Crippen LogP contribution < -0.4 is 10.6 Å².